The molecule has 0 spiro atoms. The second-order valence-corrected chi connectivity index (χ2v) is 2.14. The predicted molar refractivity (Wildman–Crippen MR) is 38.7 cm³/mol. The highest BCUT2D eigenvalue weighted by Gasteiger charge is 1.97. The fourth-order valence-electron chi connectivity index (χ4n) is 0.317. The molecule has 0 unspecified atom stereocenters. The van der Waals surface area contributed by atoms with Crippen molar-refractivity contribution in [3.63, 3.8) is 0 Å². The molecule has 0 aromatic rings. The molecular weight excluding hydrogens is 156 g/mol. The molecule has 0 aromatic carbocycles. The molecule has 6 heteroatoms. The lowest BCUT2D eigenvalue weighted by Gasteiger charge is -1.99. The molecule has 0 bridgehead atoms. The molecule has 0 aliphatic carbocycles. The van der Waals surface area contributed by atoms with Crippen LogP contribution in [-0.2, 0) is 4.84 Å². The van der Waals surface area contributed by atoms with Gasteiger partial charge in [0.2, 0.25) is 0 Å². The Morgan fingerprint density at radius 1 is 1.90 bits per heavy atom. The number of hydrogen-bond acceptors (Lipinski definition) is 5. The van der Waals surface area contributed by atoms with Crippen LogP contribution in [0, 0.1) is 10.1 Å². The Kier molecular flexibility index (Phi) is 4.69. The van der Waals surface area contributed by atoms with Crippen molar-refractivity contribution in [2.75, 3.05) is 13.4 Å². The SMILES string of the molecule is CONC(=C[N+](=O)[O-])SC. The maximum atomic E-state index is 9.86. The molecule has 0 amide bonds. The molecule has 0 aromatic heterocycles. The van der Waals surface area contributed by atoms with Gasteiger partial charge in [-0.15, -0.1) is 11.8 Å². The van der Waals surface area contributed by atoms with E-state index in [0.717, 1.165) is 6.20 Å². The van der Waals surface area contributed by atoms with Crippen molar-refractivity contribution in [2.45, 2.75) is 0 Å². The van der Waals surface area contributed by atoms with Crippen molar-refractivity contribution in [2.24, 2.45) is 0 Å². The van der Waals surface area contributed by atoms with Crippen LogP contribution in [0.2, 0.25) is 0 Å². The van der Waals surface area contributed by atoms with E-state index in [1.54, 1.807) is 6.26 Å². The Morgan fingerprint density at radius 2 is 2.50 bits per heavy atom. The van der Waals surface area contributed by atoms with Crippen molar-refractivity contribution < 1.29 is 9.76 Å². The van der Waals surface area contributed by atoms with Crippen LogP contribution in [0.5, 0.6) is 0 Å². The molecule has 0 saturated heterocycles. The van der Waals surface area contributed by atoms with Gasteiger partial charge in [0.15, 0.2) is 5.03 Å². The van der Waals surface area contributed by atoms with Crippen LogP contribution in [0.1, 0.15) is 0 Å². The molecule has 0 radical (unpaired) electrons. The fraction of sp³-hybridized carbons (Fsp3) is 0.500. The summed E-state index contributed by atoms with van der Waals surface area (Å²) in [6, 6.07) is 0. The number of nitrogens with one attached hydrogen (secondary N) is 1. The largest absolute Gasteiger partial charge is 0.279 e. The number of hydroxylamine groups is 1. The summed E-state index contributed by atoms with van der Waals surface area (Å²) in [7, 11) is 1.39. The number of thioether (sulfide) groups is 1. The van der Waals surface area contributed by atoms with E-state index < -0.39 is 4.92 Å². The Morgan fingerprint density at radius 3 is 2.80 bits per heavy atom. The zero-order valence-electron chi connectivity index (χ0n) is 5.66. The first-order chi connectivity index (χ1) is 4.70. The number of nitro groups is 1. The van der Waals surface area contributed by atoms with Crippen molar-refractivity contribution in [3.05, 3.63) is 21.3 Å². The Labute approximate surface area is 62.5 Å². The second-order valence-electron chi connectivity index (χ2n) is 1.29. The molecule has 0 fully saturated rings. The summed E-state index contributed by atoms with van der Waals surface area (Å²) in [5.41, 5.74) is 2.35. The van der Waals surface area contributed by atoms with Crippen molar-refractivity contribution >= 4 is 11.8 Å². The van der Waals surface area contributed by atoms with Gasteiger partial charge < -0.3 is 0 Å². The quantitative estimate of drug-likeness (QED) is 0.486. The van der Waals surface area contributed by atoms with Crippen LogP contribution < -0.4 is 5.48 Å². The van der Waals surface area contributed by atoms with E-state index in [-0.39, 0.29) is 0 Å². The van der Waals surface area contributed by atoms with Crippen LogP contribution in [0.3, 0.4) is 0 Å². The van der Waals surface area contributed by atoms with Crippen LogP contribution in [0.25, 0.3) is 0 Å². The molecule has 0 heterocycles. The highest BCUT2D eigenvalue weighted by Crippen LogP contribution is 2.05. The minimum atomic E-state index is -0.544. The summed E-state index contributed by atoms with van der Waals surface area (Å²) in [6.45, 7) is 0. The zero-order chi connectivity index (χ0) is 7.98. The van der Waals surface area contributed by atoms with Gasteiger partial charge in [0.1, 0.15) is 0 Å². The second kappa shape index (κ2) is 5.07. The Balaban J connectivity index is 3.91. The summed E-state index contributed by atoms with van der Waals surface area (Å²) in [4.78, 5) is 13.8. The molecule has 5 nitrogen and oxygen atoms in total. The number of nitrogens with zero attached hydrogens (tertiary/aromatic N) is 1. The standard InChI is InChI=1S/C4H8N2O3S/c1-9-5-4(10-2)3-6(7)8/h3,5H,1-2H3. The normalized spacial score (nSPS) is 11.2. The lowest BCUT2D eigenvalue weighted by atomic mass is 10.9. The molecule has 1 N–H and O–H groups in total. The summed E-state index contributed by atoms with van der Waals surface area (Å²) < 4.78 is 0. The first kappa shape index (κ1) is 9.25. The third-order valence-electron chi connectivity index (χ3n) is 0.645. The summed E-state index contributed by atoms with van der Waals surface area (Å²) in [5, 5.41) is 10.2. The Bertz CT molecular complexity index is 147. The lowest BCUT2D eigenvalue weighted by molar-refractivity contribution is -0.403. The molecule has 0 aliphatic heterocycles. The summed E-state index contributed by atoms with van der Waals surface area (Å²) >= 11 is 1.21. The average molecular weight is 164 g/mol. The number of hydrogen-bond donors (Lipinski definition) is 1. The van der Waals surface area contributed by atoms with Crippen molar-refractivity contribution in [3.8, 4) is 0 Å². The minimum absolute atomic E-state index is 0.368. The first-order valence-corrected chi connectivity index (χ1v) is 3.61. The van der Waals surface area contributed by atoms with Gasteiger partial charge in [0.25, 0.3) is 6.20 Å². The van der Waals surface area contributed by atoms with E-state index in [1.165, 1.54) is 18.9 Å². The predicted octanol–water partition coefficient (Wildman–Crippen LogP) is 0.576. The molecule has 10 heavy (non-hydrogen) atoms. The summed E-state index contributed by atoms with van der Waals surface area (Å²) in [6.07, 6.45) is 2.55. The first-order valence-electron chi connectivity index (χ1n) is 2.39. The molecule has 58 valence electrons. The highest BCUT2D eigenvalue weighted by atomic mass is 32.2. The maximum absolute atomic E-state index is 9.86. The molecular formula is C4H8N2O3S. The lowest BCUT2D eigenvalue weighted by Crippen LogP contribution is -2.09. The molecule has 0 rings (SSSR count). The van der Waals surface area contributed by atoms with Crippen LogP contribution in [0.4, 0.5) is 0 Å². The highest BCUT2D eigenvalue weighted by molar-refractivity contribution is 8.02. The van der Waals surface area contributed by atoms with Gasteiger partial charge >= 0.3 is 0 Å². The van der Waals surface area contributed by atoms with Gasteiger partial charge in [0, 0.05) is 0 Å². The molecule has 0 saturated carbocycles. The maximum Gasteiger partial charge on any atom is 0.266 e. The van der Waals surface area contributed by atoms with E-state index in [4.69, 9.17) is 0 Å². The van der Waals surface area contributed by atoms with Crippen molar-refractivity contribution in [1.82, 2.24) is 5.48 Å². The smallest absolute Gasteiger partial charge is 0.266 e. The van der Waals surface area contributed by atoms with Gasteiger partial charge in [-0.2, -0.15) is 0 Å². The third kappa shape index (κ3) is 4.16. The average Bonchev–Trinajstić information content (AvgIpc) is 1.86. The van der Waals surface area contributed by atoms with Gasteiger partial charge in [0.05, 0.1) is 12.0 Å². The van der Waals surface area contributed by atoms with Gasteiger partial charge in [-0.3, -0.25) is 20.4 Å². The van der Waals surface area contributed by atoms with E-state index in [9.17, 15) is 10.1 Å². The summed E-state index contributed by atoms with van der Waals surface area (Å²) in [5.74, 6) is 0. The van der Waals surface area contributed by atoms with Crippen LogP contribution in [-0.4, -0.2) is 18.3 Å². The fourth-order valence-corrected chi connectivity index (χ4v) is 0.675. The van der Waals surface area contributed by atoms with Gasteiger partial charge in [-0.05, 0) is 6.26 Å². The molecule has 0 aliphatic rings. The Hall–Kier alpha value is -0.750. The zero-order valence-corrected chi connectivity index (χ0v) is 6.47. The van der Waals surface area contributed by atoms with Crippen molar-refractivity contribution in [1.29, 1.82) is 0 Å². The van der Waals surface area contributed by atoms with Gasteiger partial charge in [-0.1, -0.05) is 0 Å². The van der Waals surface area contributed by atoms with E-state index in [1.807, 2.05) is 0 Å². The molecule has 0 atom stereocenters. The number of rotatable bonds is 4. The minimum Gasteiger partial charge on any atom is -0.279 e. The van der Waals surface area contributed by atoms with Gasteiger partial charge in [-0.25, -0.2) is 0 Å². The topological polar surface area (TPSA) is 64.4 Å². The third-order valence-corrected chi connectivity index (χ3v) is 1.27. The van der Waals surface area contributed by atoms with E-state index in [2.05, 4.69) is 10.3 Å². The van der Waals surface area contributed by atoms with Crippen LogP contribution >= 0.6 is 11.8 Å². The monoisotopic (exact) mass is 164 g/mol. The van der Waals surface area contributed by atoms with E-state index >= 15 is 0 Å². The van der Waals surface area contributed by atoms with E-state index in [0.29, 0.717) is 5.03 Å². The van der Waals surface area contributed by atoms with Crippen LogP contribution in [0.15, 0.2) is 11.2 Å².